The van der Waals surface area contributed by atoms with E-state index in [4.69, 9.17) is 5.11 Å². The summed E-state index contributed by atoms with van der Waals surface area (Å²) >= 11 is 0. The van der Waals surface area contributed by atoms with Gasteiger partial charge in [-0.2, -0.15) is 0 Å². The number of carboxylic acids is 1. The monoisotopic (exact) mass is 752 g/mol. The van der Waals surface area contributed by atoms with Gasteiger partial charge in [0.15, 0.2) is 0 Å². The first kappa shape index (κ1) is 40.7. The van der Waals surface area contributed by atoms with Crippen LogP contribution in [0.5, 0.6) is 0 Å². The number of pyridine rings is 2. The maximum Gasteiger partial charge on any atom is 0.337 e. The summed E-state index contributed by atoms with van der Waals surface area (Å²) < 4.78 is 31.6. The second kappa shape index (κ2) is 19.7. The topological polar surface area (TPSA) is 133 Å². The molecule has 10 nitrogen and oxygen atoms in total. The molecule has 1 amide bonds. The highest BCUT2D eigenvalue weighted by Crippen LogP contribution is 2.16. The summed E-state index contributed by atoms with van der Waals surface area (Å²) in [4.78, 5) is 32.8. The molecule has 0 saturated carbocycles. The van der Waals surface area contributed by atoms with Crippen molar-refractivity contribution in [2.45, 2.75) is 90.8 Å². The summed E-state index contributed by atoms with van der Waals surface area (Å²) in [5.41, 5.74) is 7.00. The van der Waals surface area contributed by atoms with Crippen LogP contribution in [0.25, 0.3) is 11.3 Å². The van der Waals surface area contributed by atoms with Gasteiger partial charge in [0.2, 0.25) is 0 Å². The number of halogens is 2. The maximum atomic E-state index is 13.9. The van der Waals surface area contributed by atoms with Gasteiger partial charge in [0, 0.05) is 55.3 Å². The molecule has 6 aromatic rings. The fourth-order valence-electron chi connectivity index (χ4n) is 6.39. The molecule has 6 rings (SSSR count). The molecule has 0 aliphatic rings. The molecule has 4 aromatic heterocycles. The number of hydrogen-bond donors (Lipinski definition) is 4. The molecule has 2 atom stereocenters. The van der Waals surface area contributed by atoms with E-state index in [2.05, 4.69) is 53.5 Å². The van der Waals surface area contributed by atoms with E-state index in [0.29, 0.717) is 23.2 Å². The van der Waals surface area contributed by atoms with Gasteiger partial charge in [-0.15, -0.1) is 0 Å². The van der Waals surface area contributed by atoms with Crippen molar-refractivity contribution in [3.05, 3.63) is 142 Å². The highest BCUT2D eigenvalue weighted by molar-refractivity contribution is 5.94. The van der Waals surface area contributed by atoms with Crippen molar-refractivity contribution in [2.75, 3.05) is 6.54 Å². The van der Waals surface area contributed by atoms with Crippen molar-refractivity contribution in [3.8, 4) is 0 Å². The molecular formula is C43H50F2N6O4. The molecule has 290 valence electrons. The normalized spacial score (nSPS) is 12.3. The number of carbonyl (C=O) groups excluding carboxylic acids is 1. The largest absolute Gasteiger partial charge is 0.478 e. The van der Waals surface area contributed by atoms with Crippen LogP contribution in [0, 0.1) is 11.6 Å². The number of nitrogens with one attached hydrogen (secondary N) is 2. The molecule has 4 N–H and O–H groups in total. The zero-order valence-electron chi connectivity index (χ0n) is 31.6. The van der Waals surface area contributed by atoms with Crippen LogP contribution in [0.2, 0.25) is 0 Å². The Bertz CT molecular complexity index is 2180. The average molecular weight is 753 g/mol. The van der Waals surface area contributed by atoms with E-state index in [1.165, 1.54) is 17.7 Å². The summed E-state index contributed by atoms with van der Waals surface area (Å²) in [6, 6.07) is 17.4. The highest BCUT2D eigenvalue weighted by atomic mass is 19.1. The van der Waals surface area contributed by atoms with E-state index < -0.39 is 29.7 Å². The third kappa shape index (κ3) is 11.3. The maximum absolute atomic E-state index is 13.9. The predicted octanol–water partition coefficient (Wildman–Crippen LogP) is 7.38. The Hall–Kier alpha value is -5.46. The first-order chi connectivity index (χ1) is 26.6. The van der Waals surface area contributed by atoms with E-state index >= 15 is 0 Å². The van der Waals surface area contributed by atoms with Crippen molar-refractivity contribution < 1.29 is 28.6 Å². The number of unbranched alkanes of at least 4 members (excludes halogenated alkanes) is 2. The Morgan fingerprint density at radius 3 is 1.93 bits per heavy atom. The minimum Gasteiger partial charge on any atom is -0.478 e. The zero-order chi connectivity index (χ0) is 39.3. The lowest BCUT2D eigenvalue weighted by Crippen LogP contribution is -2.48. The zero-order valence-corrected chi connectivity index (χ0v) is 31.6. The summed E-state index contributed by atoms with van der Waals surface area (Å²) in [6.45, 7) is 7.06. The molecule has 0 saturated heterocycles. The summed E-state index contributed by atoms with van der Waals surface area (Å²) in [5.74, 6) is -2.70. The Labute approximate surface area is 320 Å². The van der Waals surface area contributed by atoms with Crippen molar-refractivity contribution in [3.63, 3.8) is 0 Å². The van der Waals surface area contributed by atoms with Gasteiger partial charge in [0.1, 0.15) is 22.9 Å². The Balaban J connectivity index is 0.000000301. The molecule has 0 aliphatic carbocycles. The number of carbonyl (C=O) groups is 2. The third-order valence-electron chi connectivity index (χ3n) is 9.49. The van der Waals surface area contributed by atoms with Gasteiger partial charge >= 0.3 is 5.97 Å². The fourth-order valence-corrected chi connectivity index (χ4v) is 6.39. The molecule has 55 heavy (non-hydrogen) atoms. The van der Waals surface area contributed by atoms with E-state index in [1.54, 1.807) is 36.7 Å². The van der Waals surface area contributed by atoms with Gasteiger partial charge in [-0.05, 0) is 91.6 Å². The smallest absolute Gasteiger partial charge is 0.337 e. The quantitative estimate of drug-likeness (QED) is 0.0764. The third-order valence-corrected chi connectivity index (χ3v) is 9.49. The van der Waals surface area contributed by atoms with Gasteiger partial charge in [-0.3, -0.25) is 4.79 Å². The van der Waals surface area contributed by atoms with E-state index in [9.17, 15) is 23.5 Å². The molecule has 0 unspecified atom stereocenters. The number of hydrogen-bond acceptors (Lipinski definition) is 6. The Kier molecular flexibility index (Phi) is 14.6. The van der Waals surface area contributed by atoms with Crippen LogP contribution in [-0.2, 0) is 32.2 Å². The number of nitrogens with zero attached hydrogens (tertiary/aromatic N) is 4. The van der Waals surface area contributed by atoms with Crippen LogP contribution in [0.1, 0.15) is 95.2 Å². The molecule has 0 bridgehead atoms. The molecule has 0 spiro atoms. The van der Waals surface area contributed by atoms with Crippen LogP contribution in [0.3, 0.4) is 0 Å². The number of aliphatic hydroxyl groups excluding tert-OH is 1. The van der Waals surface area contributed by atoms with Crippen LogP contribution >= 0.6 is 0 Å². The lowest BCUT2D eigenvalue weighted by molar-refractivity contribution is 0.0696. The average Bonchev–Trinajstić information content (AvgIpc) is 3.78. The molecule has 0 fully saturated rings. The van der Waals surface area contributed by atoms with E-state index in [1.807, 2.05) is 33.3 Å². The summed E-state index contributed by atoms with van der Waals surface area (Å²) in [6.07, 6.45) is 13.0. The molecular weight excluding hydrogens is 703 g/mol. The number of imidazole rings is 2. The van der Waals surface area contributed by atoms with Crippen molar-refractivity contribution in [2.24, 2.45) is 0 Å². The summed E-state index contributed by atoms with van der Waals surface area (Å²) in [7, 11) is 0. The van der Waals surface area contributed by atoms with Gasteiger partial charge < -0.3 is 29.6 Å². The van der Waals surface area contributed by atoms with Gasteiger partial charge in [-0.1, -0.05) is 57.9 Å². The lowest BCUT2D eigenvalue weighted by Gasteiger charge is -2.25. The predicted molar refractivity (Wildman–Crippen MR) is 209 cm³/mol. The Morgan fingerprint density at radius 2 is 1.35 bits per heavy atom. The first-order valence-electron chi connectivity index (χ1n) is 19.0. The second-order valence-corrected chi connectivity index (χ2v) is 13.7. The molecule has 12 heteroatoms. The minimum atomic E-state index is -1.01. The number of aryl methyl sites for hydroxylation is 3. The standard InChI is InChI=1S/C31H36F2N4O2.C12H14N2O2/c1-3-5-9-27-18-35-30-11-10-24(20-37(27)30)31(39)36-28(15-23-13-25(32)16-26(33)14-23)29(38)19-34-17-22-8-6-7-21(4-2)12-22;1-2-3-4-10-7-13-11-6-5-9(12(15)16)8-14(10)11/h6-8,10-14,16,18,20,28-29,34,38H,3-5,9,15,17,19H2,1-2H3,(H,36,39);5-8H,2-4H2,1H3,(H,15,16)/t28-,29+;/m0./s1. The van der Waals surface area contributed by atoms with Gasteiger partial charge in [-0.25, -0.2) is 23.5 Å². The number of aliphatic hydroxyl groups is 1. The van der Waals surface area contributed by atoms with Gasteiger partial charge in [0.25, 0.3) is 5.91 Å². The first-order valence-corrected chi connectivity index (χ1v) is 19.0. The number of carboxylic acid groups (broad SMARTS) is 1. The Morgan fingerprint density at radius 1 is 0.764 bits per heavy atom. The number of aromatic carboxylic acids is 1. The van der Waals surface area contributed by atoms with Crippen LogP contribution in [-0.4, -0.2) is 59.5 Å². The van der Waals surface area contributed by atoms with Crippen LogP contribution in [0.4, 0.5) is 8.78 Å². The van der Waals surface area contributed by atoms with E-state index in [-0.39, 0.29) is 18.9 Å². The SMILES string of the molecule is CCCCc1cnc2ccc(C(=O)N[C@@H](Cc3cc(F)cc(F)c3)[C@H](O)CNCc3cccc(CC)c3)cn12.CCCCc1cnc2ccc(C(=O)O)cn12. The van der Waals surface area contributed by atoms with Gasteiger partial charge in [0.05, 0.1) is 23.3 Å². The summed E-state index contributed by atoms with van der Waals surface area (Å²) in [5, 5.41) is 26.1. The number of amides is 1. The molecule has 0 aliphatic heterocycles. The van der Waals surface area contributed by atoms with Crippen molar-refractivity contribution in [1.82, 2.24) is 29.4 Å². The highest BCUT2D eigenvalue weighted by Gasteiger charge is 2.23. The number of benzene rings is 2. The molecule has 0 radical (unpaired) electrons. The van der Waals surface area contributed by atoms with E-state index in [0.717, 1.165) is 79.3 Å². The molecule has 2 aromatic carbocycles. The second-order valence-electron chi connectivity index (χ2n) is 13.7. The number of fused-ring (bicyclic) bond motifs is 2. The molecule has 4 heterocycles. The lowest BCUT2D eigenvalue weighted by atomic mass is 10.00. The van der Waals surface area contributed by atoms with Crippen LogP contribution < -0.4 is 10.6 Å². The van der Waals surface area contributed by atoms with Crippen molar-refractivity contribution in [1.29, 1.82) is 0 Å². The number of aromatic nitrogens is 4. The minimum absolute atomic E-state index is 0.0592. The van der Waals surface area contributed by atoms with Crippen LogP contribution in [0.15, 0.2) is 91.5 Å². The number of rotatable bonds is 17. The fraction of sp³-hybridized carbons (Fsp3) is 0.349. The van der Waals surface area contributed by atoms with Crippen molar-refractivity contribution >= 4 is 23.2 Å².